The van der Waals surface area contributed by atoms with Gasteiger partial charge in [-0.2, -0.15) is 10.5 Å². The maximum atomic E-state index is 12.0. The summed E-state index contributed by atoms with van der Waals surface area (Å²) in [6.07, 6.45) is 2.08. The predicted octanol–water partition coefficient (Wildman–Crippen LogP) is 5.94. The third-order valence-electron chi connectivity index (χ3n) is 6.43. The second-order valence-corrected chi connectivity index (χ2v) is 11.8. The first-order chi connectivity index (χ1) is 21.3. The minimum absolute atomic E-state index is 0. The molecule has 0 fully saturated rings. The number of nitrogen functional groups attached to an aromatic ring is 1. The van der Waals surface area contributed by atoms with Gasteiger partial charge in [0.25, 0.3) is 0 Å². The molecule has 234 valence electrons. The van der Waals surface area contributed by atoms with Crippen LogP contribution in [0.15, 0.2) is 58.9 Å². The number of nitrogens with zero attached hydrogens (tertiary/aromatic N) is 4. The van der Waals surface area contributed by atoms with Gasteiger partial charge in [0, 0.05) is 27.3 Å². The van der Waals surface area contributed by atoms with Gasteiger partial charge in [-0.05, 0) is 49.2 Å². The van der Waals surface area contributed by atoms with Gasteiger partial charge in [-0.25, -0.2) is 9.97 Å². The average molecular weight is 685 g/mol. The number of hydrogen-bond donors (Lipinski definition) is 3. The zero-order chi connectivity index (χ0) is 31.5. The maximum Gasteiger partial charge on any atom is 0.323 e. The number of nitrogens with two attached hydrogens (primary N) is 3. The maximum absolute atomic E-state index is 12.0. The van der Waals surface area contributed by atoms with Crippen molar-refractivity contribution in [2.45, 2.75) is 36.1 Å². The van der Waals surface area contributed by atoms with Crippen LogP contribution in [0.5, 0.6) is 5.75 Å². The molecule has 10 nitrogen and oxygen atoms in total. The van der Waals surface area contributed by atoms with Gasteiger partial charge < -0.3 is 26.7 Å². The minimum atomic E-state index is -0.686. The Hall–Kier alpha value is -3.88. The van der Waals surface area contributed by atoms with Gasteiger partial charge in [-0.1, -0.05) is 54.0 Å². The number of anilines is 1. The molecule has 2 heterocycles. The zero-order valence-electron chi connectivity index (χ0n) is 24.1. The van der Waals surface area contributed by atoms with Gasteiger partial charge in [-0.15, -0.1) is 23.7 Å². The molecule has 0 aliphatic carbocycles. The van der Waals surface area contributed by atoms with Crippen LogP contribution >= 0.6 is 47.1 Å². The van der Waals surface area contributed by atoms with Crippen molar-refractivity contribution in [3.8, 4) is 39.6 Å². The third kappa shape index (κ3) is 9.55. The monoisotopic (exact) mass is 683 g/mol. The second-order valence-electron chi connectivity index (χ2n) is 9.52. The van der Waals surface area contributed by atoms with Crippen LogP contribution in [0.2, 0.25) is 5.02 Å². The summed E-state index contributed by atoms with van der Waals surface area (Å²) in [5.74, 6) is 0.528. The number of nitriles is 2. The van der Waals surface area contributed by atoms with E-state index in [0.29, 0.717) is 45.6 Å². The van der Waals surface area contributed by atoms with Crippen molar-refractivity contribution in [1.82, 2.24) is 9.97 Å². The minimum Gasteiger partial charge on any atom is -0.490 e. The molecule has 0 aliphatic heterocycles. The van der Waals surface area contributed by atoms with E-state index in [0.717, 1.165) is 29.1 Å². The van der Waals surface area contributed by atoms with E-state index < -0.39 is 12.0 Å². The van der Waals surface area contributed by atoms with Crippen LogP contribution in [0.1, 0.15) is 36.1 Å². The van der Waals surface area contributed by atoms with Crippen molar-refractivity contribution < 1.29 is 14.3 Å². The van der Waals surface area contributed by atoms with Crippen molar-refractivity contribution in [3.63, 3.8) is 0 Å². The Morgan fingerprint density at radius 1 is 1.00 bits per heavy atom. The summed E-state index contributed by atoms with van der Waals surface area (Å²) < 4.78 is 10.9. The fourth-order valence-corrected chi connectivity index (χ4v) is 6.13. The number of ether oxygens (including phenoxy) is 2. The molecule has 0 bridgehead atoms. The summed E-state index contributed by atoms with van der Waals surface area (Å²) in [6.45, 7) is 0.732. The van der Waals surface area contributed by atoms with Gasteiger partial charge >= 0.3 is 5.97 Å². The summed E-state index contributed by atoms with van der Waals surface area (Å²) in [4.78, 5) is 21.1. The molecule has 4 rings (SSSR count). The molecule has 45 heavy (non-hydrogen) atoms. The summed E-state index contributed by atoms with van der Waals surface area (Å²) in [7, 11) is 0. The number of unbranched alkanes of at least 4 members (excludes halogenated alkanes) is 1. The highest BCUT2D eigenvalue weighted by Gasteiger charge is 2.21. The average Bonchev–Trinajstić information content (AvgIpc) is 3.51. The first kappa shape index (κ1) is 35.6. The Morgan fingerprint density at radius 3 is 2.36 bits per heavy atom. The van der Waals surface area contributed by atoms with Crippen molar-refractivity contribution in [2.24, 2.45) is 11.5 Å². The summed E-state index contributed by atoms with van der Waals surface area (Å²) in [5, 5.41) is 23.9. The van der Waals surface area contributed by atoms with Crippen LogP contribution in [0.25, 0.3) is 21.7 Å². The van der Waals surface area contributed by atoms with Crippen LogP contribution in [0.4, 0.5) is 5.82 Å². The molecule has 0 unspecified atom stereocenters. The highest BCUT2D eigenvalue weighted by molar-refractivity contribution is 7.98. The van der Waals surface area contributed by atoms with E-state index >= 15 is 0 Å². The number of halogens is 2. The number of thioether (sulfide) groups is 1. The van der Waals surface area contributed by atoms with Crippen LogP contribution in [0.3, 0.4) is 0 Å². The highest BCUT2D eigenvalue weighted by atomic mass is 35.5. The molecule has 0 saturated heterocycles. The van der Waals surface area contributed by atoms with Crippen LogP contribution < -0.4 is 21.9 Å². The molecular formula is C31H31Cl2N7O3S2. The fourth-order valence-electron chi connectivity index (χ4n) is 4.18. The lowest BCUT2D eigenvalue weighted by atomic mass is 9.97. The smallest absolute Gasteiger partial charge is 0.323 e. The predicted molar refractivity (Wildman–Crippen MR) is 180 cm³/mol. The van der Waals surface area contributed by atoms with Gasteiger partial charge in [-0.3, -0.25) is 4.79 Å². The van der Waals surface area contributed by atoms with Gasteiger partial charge in [0.15, 0.2) is 0 Å². The van der Waals surface area contributed by atoms with E-state index in [2.05, 4.69) is 17.1 Å². The van der Waals surface area contributed by atoms with Crippen molar-refractivity contribution in [3.05, 3.63) is 75.8 Å². The lowest BCUT2D eigenvalue weighted by Crippen LogP contribution is -2.33. The van der Waals surface area contributed by atoms with Crippen LogP contribution in [-0.2, 0) is 15.3 Å². The van der Waals surface area contributed by atoms with E-state index in [1.807, 2.05) is 29.6 Å². The number of aromatic nitrogens is 2. The molecule has 6 N–H and O–H groups in total. The number of pyridine rings is 1. The number of carbonyl (C=O) groups excluding carboxylic acids is 1. The molecule has 1 atom stereocenters. The number of hydrogen-bond acceptors (Lipinski definition) is 12. The van der Waals surface area contributed by atoms with Gasteiger partial charge in [0.1, 0.15) is 58.6 Å². The lowest BCUT2D eigenvalue weighted by molar-refractivity contribution is -0.146. The van der Waals surface area contributed by atoms with E-state index in [-0.39, 0.29) is 42.6 Å². The first-order valence-corrected chi connectivity index (χ1v) is 15.9. The molecule has 0 amide bonds. The van der Waals surface area contributed by atoms with Crippen LogP contribution in [-0.4, -0.2) is 41.7 Å². The quantitative estimate of drug-likeness (QED) is 0.0810. The summed E-state index contributed by atoms with van der Waals surface area (Å²) >= 11 is 8.83. The van der Waals surface area contributed by atoms with Crippen LogP contribution in [0, 0.1) is 22.7 Å². The second kappa shape index (κ2) is 17.6. The molecular weight excluding hydrogens is 653 g/mol. The van der Waals surface area contributed by atoms with Crippen molar-refractivity contribution in [1.29, 1.82) is 10.5 Å². The number of carbonyl (C=O) groups is 1. The molecule has 0 spiro atoms. The molecule has 14 heteroatoms. The van der Waals surface area contributed by atoms with E-state index in [1.165, 1.54) is 23.1 Å². The number of benzene rings is 2. The number of rotatable bonds is 14. The standard InChI is InChI=1S/C31H30ClN7O3S2.ClH/c32-21-8-4-20(5-9-21)29-38-22(17-43-29)18-44-30-25(16-35)27(24(15-34)28(37)39-30)19-6-10-23(11-7-19)41-13-14-42-31(40)26(36)3-1-2-12-33;/h4-11,17,26H,1-3,12-14,18,33,36H2,(H2,37,39);1H/t26-;/m0./s1. The highest BCUT2D eigenvalue weighted by Crippen LogP contribution is 2.37. The number of esters is 1. The SMILES string of the molecule is Cl.N#Cc1c(N)nc(SCc2csc(-c3ccc(Cl)cc3)n2)c(C#N)c1-c1ccc(OCCOC(=O)[C@@H](N)CCCCN)cc1. The third-order valence-corrected chi connectivity index (χ3v) is 8.63. The van der Waals surface area contributed by atoms with Crippen molar-refractivity contribution >= 4 is 58.9 Å². The lowest BCUT2D eigenvalue weighted by Gasteiger charge is -2.14. The molecule has 4 aromatic rings. The first-order valence-electron chi connectivity index (χ1n) is 13.7. The Kier molecular flexibility index (Phi) is 13.9. The van der Waals surface area contributed by atoms with E-state index in [9.17, 15) is 15.3 Å². The molecule has 0 saturated carbocycles. The zero-order valence-corrected chi connectivity index (χ0v) is 27.3. The van der Waals surface area contributed by atoms with Gasteiger partial charge in [0.2, 0.25) is 0 Å². The summed E-state index contributed by atoms with van der Waals surface area (Å²) in [6, 6.07) is 17.9. The molecule has 0 aliphatic rings. The fraction of sp³-hybridized carbons (Fsp3) is 0.258. The largest absolute Gasteiger partial charge is 0.490 e. The number of thiazole rings is 1. The normalized spacial score (nSPS) is 11.1. The summed E-state index contributed by atoms with van der Waals surface area (Å²) in [5.41, 5.74) is 20.6. The Morgan fingerprint density at radius 2 is 1.69 bits per heavy atom. The van der Waals surface area contributed by atoms with E-state index in [1.54, 1.807) is 24.3 Å². The van der Waals surface area contributed by atoms with Gasteiger partial charge in [0.05, 0.1) is 11.3 Å². The Bertz CT molecular complexity index is 1670. The topological polar surface area (TPSA) is 187 Å². The van der Waals surface area contributed by atoms with E-state index in [4.69, 9.17) is 43.3 Å². The molecule has 2 aromatic carbocycles. The Labute approximate surface area is 280 Å². The molecule has 2 aromatic heterocycles. The van der Waals surface area contributed by atoms with Crippen molar-refractivity contribution in [2.75, 3.05) is 25.5 Å². The Balaban J connectivity index is 0.00000552. The molecule has 0 radical (unpaired) electrons.